The van der Waals surface area contributed by atoms with Crippen LogP contribution in [-0.2, 0) is 16.1 Å². The van der Waals surface area contributed by atoms with Crippen molar-refractivity contribution in [2.75, 3.05) is 12.8 Å². The Morgan fingerprint density at radius 3 is 2.65 bits per heavy atom. The SMILES string of the molecule is COc1ccccc1C(=O)NCc1ccc(-c2nn([C@H]3C=C[C@H](OC(C)=O)C3)c3ncnc(N)c23)cc1. The molecular weight excluding hydrogens is 472 g/mol. The van der Waals surface area contributed by atoms with Gasteiger partial charge in [0.1, 0.15) is 29.7 Å². The highest BCUT2D eigenvalue weighted by atomic mass is 16.5. The minimum absolute atomic E-state index is 0.139. The van der Waals surface area contributed by atoms with Crippen LogP contribution in [0, 0.1) is 0 Å². The maximum atomic E-state index is 12.6. The van der Waals surface area contributed by atoms with E-state index in [0.717, 1.165) is 11.1 Å². The fourth-order valence-corrected chi connectivity index (χ4v) is 4.45. The lowest BCUT2D eigenvalue weighted by atomic mass is 10.1. The molecule has 37 heavy (non-hydrogen) atoms. The van der Waals surface area contributed by atoms with Crippen molar-refractivity contribution in [1.29, 1.82) is 0 Å². The summed E-state index contributed by atoms with van der Waals surface area (Å²) < 4.78 is 12.4. The number of nitrogens with one attached hydrogen (secondary N) is 1. The summed E-state index contributed by atoms with van der Waals surface area (Å²) in [5.74, 6) is 0.312. The monoisotopic (exact) mass is 498 g/mol. The van der Waals surface area contributed by atoms with E-state index >= 15 is 0 Å². The molecule has 10 nitrogen and oxygen atoms in total. The number of para-hydroxylation sites is 1. The number of methoxy groups -OCH3 is 1. The third-order valence-electron chi connectivity index (χ3n) is 6.20. The third-order valence-corrected chi connectivity index (χ3v) is 6.20. The van der Waals surface area contributed by atoms with Crippen molar-refractivity contribution in [3.8, 4) is 17.0 Å². The quantitative estimate of drug-likeness (QED) is 0.292. The van der Waals surface area contributed by atoms with Gasteiger partial charge in [-0.3, -0.25) is 9.59 Å². The van der Waals surface area contributed by atoms with Gasteiger partial charge in [-0.25, -0.2) is 14.6 Å². The van der Waals surface area contributed by atoms with Crippen molar-refractivity contribution in [1.82, 2.24) is 25.1 Å². The first-order valence-electron chi connectivity index (χ1n) is 11.8. The zero-order valence-electron chi connectivity index (χ0n) is 20.4. The Morgan fingerprint density at radius 2 is 1.89 bits per heavy atom. The minimum atomic E-state index is -0.327. The van der Waals surface area contributed by atoms with Gasteiger partial charge < -0.3 is 20.5 Å². The summed E-state index contributed by atoms with van der Waals surface area (Å²) in [6.45, 7) is 1.74. The Kier molecular flexibility index (Phi) is 6.55. The molecule has 4 aromatic rings. The molecule has 1 aliphatic rings. The summed E-state index contributed by atoms with van der Waals surface area (Å²) in [5, 5.41) is 8.42. The lowest BCUT2D eigenvalue weighted by molar-refractivity contribution is -0.144. The van der Waals surface area contributed by atoms with Crippen molar-refractivity contribution in [2.45, 2.75) is 32.0 Å². The van der Waals surface area contributed by atoms with Crippen LogP contribution in [0.3, 0.4) is 0 Å². The number of hydrogen-bond donors (Lipinski definition) is 2. The normalized spacial score (nSPS) is 16.6. The number of ether oxygens (including phenoxy) is 2. The molecule has 0 fully saturated rings. The first-order valence-corrected chi connectivity index (χ1v) is 11.8. The standard InChI is InChI=1S/C27H26N6O4/c1-16(34)37-20-12-11-19(13-20)33-26-23(25(28)30-15-31-26)24(32-33)18-9-7-17(8-10-18)14-29-27(35)21-5-3-4-6-22(21)36-2/h3-12,15,19-20H,13-14H2,1-2H3,(H,29,35)(H2,28,30,31)/t19-,20-/m0/s1. The fraction of sp³-hybridized carbons (Fsp3) is 0.222. The topological polar surface area (TPSA) is 134 Å². The van der Waals surface area contributed by atoms with Crippen LogP contribution in [0.15, 0.2) is 67.0 Å². The predicted molar refractivity (Wildman–Crippen MR) is 138 cm³/mol. The molecule has 0 radical (unpaired) electrons. The number of nitrogen functional groups attached to an aromatic ring is 1. The van der Waals surface area contributed by atoms with E-state index in [4.69, 9.17) is 20.3 Å². The average Bonchev–Trinajstić information content (AvgIpc) is 3.52. The summed E-state index contributed by atoms with van der Waals surface area (Å²) in [6, 6.07) is 14.6. The zero-order valence-corrected chi connectivity index (χ0v) is 20.4. The van der Waals surface area contributed by atoms with E-state index < -0.39 is 0 Å². The van der Waals surface area contributed by atoms with Crippen LogP contribution in [-0.4, -0.2) is 44.8 Å². The molecule has 0 aliphatic heterocycles. The number of carbonyl (C=O) groups is 2. The van der Waals surface area contributed by atoms with E-state index in [2.05, 4.69) is 15.3 Å². The summed E-state index contributed by atoms with van der Waals surface area (Å²) >= 11 is 0. The number of nitrogens with zero attached hydrogens (tertiary/aromatic N) is 4. The minimum Gasteiger partial charge on any atom is -0.496 e. The number of amides is 1. The van der Waals surface area contributed by atoms with Crippen molar-refractivity contribution in [2.24, 2.45) is 0 Å². The highest BCUT2D eigenvalue weighted by molar-refractivity contribution is 5.98. The van der Waals surface area contributed by atoms with Gasteiger partial charge in [0.25, 0.3) is 5.91 Å². The molecule has 2 heterocycles. The van der Waals surface area contributed by atoms with Gasteiger partial charge in [-0.1, -0.05) is 42.5 Å². The highest BCUT2D eigenvalue weighted by Crippen LogP contribution is 2.35. The number of esters is 1. The third kappa shape index (κ3) is 4.86. The van der Waals surface area contributed by atoms with Crippen LogP contribution in [0.1, 0.15) is 35.3 Å². The Balaban J connectivity index is 1.37. The Hall–Kier alpha value is -4.73. The Bertz CT molecular complexity index is 1490. The van der Waals surface area contributed by atoms with Crippen molar-refractivity contribution < 1.29 is 19.1 Å². The Morgan fingerprint density at radius 1 is 1.11 bits per heavy atom. The van der Waals surface area contributed by atoms with Gasteiger partial charge in [-0.05, 0) is 23.8 Å². The van der Waals surface area contributed by atoms with Crippen LogP contribution in [0.25, 0.3) is 22.3 Å². The molecule has 5 rings (SSSR count). The largest absolute Gasteiger partial charge is 0.496 e. The van der Waals surface area contributed by atoms with Crippen LogP contribution in [0.5, 0.6) is 5.75 Å². The summed E-state index contributed by atoms with van der Waals surface area (Å²) in [6.07, 6.45) is 5.47. The molecule has 2 aromatic carbocycles. The van der Waals surface area contributed by atoms with Crippen LogP contribution in [0.2, 0.25) is 0 Å². The van der Waals surface area contributed by atoms with E-state index in [-0.39, 0.29) is 24.0 Å². The lowest BCUT2D eigenvalue weighted by Crippen LogP contribution is -2.23. The molecule has 2 aromatic heterocycles. The highest BCUT2D eigenvalue weighted by Gasteiger charge is 2.27. The second-order valence-corrected chi connectivity index (χ2v) is 8.67. The smallest absolute Gasteiger partial charge is 0.303 e. The van der Waals surface area contributed by atoms with E-state index in [1.807, 2.05) is 42.5 Å². The average molecular weight is 499 g/mol. The second kappa shape index (κ2) is 10.1. The van der Waals surface area contributed by atoms with Gasteiger partial charge in [0.05, 0.1) is 24.1 Å². The number of carbonyl (C=O) groups excluding carboxylic acids is 2. The predicted octanol–water partition coefficient (Wildman–Crippen LogP) is 3.45. The van der Waals surface area contributed by atoms with Crippen LogP contribution in [0.4, 0.5) is 5.82 Å². The molecule has 2 atom stereocenters. The maximum absolute atomic E-state index is 12.6. The molecule has 0 unspecified atom stereocenters. The van der Waals surface area contributed by atoms with E-state index in [1.54, 1.807) is 22.9 Å². The fourth-order valence-electron chi connectivity index (χ4n) is 4.45. The molecule has 1 aliphatic carbocycles. The van der Waals surface area contributed by atoms with Crippen LogP contribution >= 0.6 is 0 Å². The summed E-state index contributed by atoms with van der Waals surface area (Å²) in [4.78, 5) is 32.6. The molecule has 0 spiro atoms. The number of aromatic nitrogens is 4. The molecule has 0 saturated carbocycles. The number of rotatable bonds is 7. The van der Waals surface area contributed by atoms with Gasteiger partial charge in [0.2, 0.25) is 0 Å². The van der Waals surface area contributed by atoms with Crippen molar-refractivity contribution >= 4 is 28.7 Å². The van der Waals surface area contributed by atoms with Gasteiger partial charge in [0.15, 0.2) is 5.65 Å². The number of anilines is 1. The molecule has 1 amide bonds. The maximum Gasteiger partial charge on any atom is 0.303 e. The molecule has 188 valence electrons. The van der Waals surface area contributed by atoms with E-state index in [1.165, 1.54) is 20.4 Å². The van der Waals surface area contributed by atoms with Gasteiger partial charge >= 0.3 is 5.97 Å². The lowest BCUT2D eigenvalue weighted by Gasteiger charge is -2.13. The number of nitrogens with two attached hydrogens (primary N) is 1. The summed E-state index contributed by atoms with van der Waals surface area (Å²) in [5.41, 5.74) is 9.73. The molecule has 10 heteroatoms. The van der Waals surface area contributed by atoms with Gasteiger partial charge in [0, 0.05) is 25.5 Å². The van der Waals surface area contributed by atoms with E-state index in [9.17, 15) is 9.59 Å². The molecule has 3 N–H and O–H groups in total. The summed E-state index contributed by atoms with van der Waals surface area (Å²) in [7, 11) is 1.54. The van der Waals surface area contributed by atoms with Gasteiger partial charge in [-0.2, -0.15) is 5.10 Å². The number of allylic oxidation sites excluding steroid dienone is 1. The second-order valence-electron chi connectivity index (χ2n) is 8.67. The number of fused-ring (bicyclic) bond motifs is 1. The zero-order chi connectivity index (χ0) is 25.9. The molecule has 0 bridgehead atoms. The number of benzene rings is 2. The van der Waals surface area contributed by atoms with Crippen molar-refractivity contribution in [3.63, 3.8) is 0 Å². The molecule has 0 saturated heterocycles. The Labute approximate surface area is 213 Å². The van der Waals surface area contributed by atoms with Crippen molar-refractivity contribution in [3.05, 3.63) is 78.1 Å². The van der Waals surface area contributed by atoms with Crippen LogP contribution < -0.4 is 15.8 Å². The van der Waals surface area contributed by atoms with Gasteiger partial charge in [-0.15, -0.1) is 0 Å². The first kappa shape index (κ1) is 24.0. The first-order chi connectivity index (χ1) is 17.9. The van der Waals surface area contributed by atoms with E-state index in [0.29, 0.717) is 46.8 Å². The number of hydrogen-bond acceptors (Lipinski definition) is 8. The molecular formula is C27H26N6O4.